The predicted molar refractivity (Wildman–Crippen MR) is 143 cm³/mol. The molecule has 3 amide bonds. The molecular formula is C30H22N4O6. The van der Waals surface area contributed by atoms with Crippen molar-refractivity contribution in [2.45, 2.75) is 12.5 Å². The molecule has 1 unspecified atom stereocenters. The van der Waals surface area contributed by atoms with E-state index >= 15 is 0 Å². The number of rotatable bonds is 6. The molecule has 2 heterocycles. The molecular weight excluding hydrogens is 512 g/mol. The van der Waals surface area contributed by atoms with E-state index in [1.807, 2.05) is 6.07 Å². The lowest BCUT2D eigenvalue weighted by atomic mass is 9.83. The van der Waals surface area contributed by atoms with Crippen LogP contribution in [0.5, 0.6) is 17.4 Å². The minimum atomic E-state index is -2.07. The Bertz CT molecular complexity index is 1620. The van der Waals surface area contributed by atoms with Crippen molar-refractivity contribution in [3.63, 3.8) is 0 Å². The van der Waals surface area contributed by atoms with Gasteiger partial charge in [-0.05, 0) is 61.5 Å². The van der Waals surface area contributed by atoms with Crippen LogP contribution in [0.1, 0.15) is 23.6 Å². The van der Waals surface area contributed by atoms with Gasteiger partial charge in [0.25, 0.3) is 5.91 Å². The van der Waals surface area contributed by atoms with Crippen LogP contribution in [0.4, 0.5) is 15.3 Å². The van der Waals surface area contributed by atoms with E-state index in [1.165, 1.54) is 24.4 Å². The van der Waals surface area contributed by atoms with Crippen molar-refractivity contribution in [2.24, 2.45) is 0 Å². The molecule has 198 valence electrons. The van der Waals surface area contributed by atoms with E-state index in [1.54, 1.807) is 79.7 Å². The second kappa shape index (κ2) is 11.0. The molecule has 1 aliphatic heterocycles. The highest BCUT2D eigenvalue weighted by Gasteiger charge is 2.58. The maximum Gasteiger partial charge on any atom is 0.426 e. The summed E-state index contributed by atoms with van der Waals surface area (Å²) in [4.78, 5) is 46.4. The van der Waals surface area contributed by atoms with Gasteiger partial charge >= 0.3 is 12.2 Å². The number of imide groups is 1. The van der Waals surface area contributed by atoms with E-state index in [2.05, 4.69) is 10.3 Å². The lowest BCUT2D eigenvalue weighted by molar-refractivity contribution is -0.122. The van der Waals surface area contributed by atoms with Crippen molar-refractivity contribution in [2.75, 3.05) is 11.5 Å². The van der Waals surface area contributed by atoms with Gasteiger partial charge in [-0.1, -0.05) is 36.4 Å². The first-order valence-corrected chi connectivity index (χ1v) is 12.3. The van der Waals surface area contributed by atoms with E-state index in [-0.39, 0.29) is 46.4 Å². The summed E-state index contributed by atoms with van der Waals surface area (Å²) >= 11 is 0. The molecule has 0 radical (unpaired) electrons. The number of ether oxygens (including phenoxy) is 3. The fourth-order valence-electron chi connectivity index (χ4n) is 4.46. The second-order valence-corrected chi connectivity index (χ2v) is 8.53. The van der Waals surface area contributed by atoms with Crippen molar-refractivity contribution in [1.82, 2.24) is 10.3 Å². The maximum absolute atomic E-state index is 14.4. The summed E-state index contributed by atoms with van der Waals surface area (Å²) in [6.07, 6.45) is -0.528. The molecule has 1 atom stereocenters. The van der Waals surface area contributed by atoms with Crippen LogP contribution in [0.25, 0.3) is 0 Å². The molecule has 10 heteroatoms. The largest absolute Gasteiger partial charge is 0.478 e. The number of pyridine rings is 1. The van der Waals surface area contributed by atoms with Crippen molar-refractivity contribution < 1.29 is 28.6 Å². The molecule has 0 spiro atoms. The quantitative estimate of drug-likeness (QED) is 0.368. The highest BCUT2D eigenvalue weighted by atomic mass is 16.6. The van der Waals surface area contributed by atoms with Gasteiger partial charge in [0, 0.05) is 11.8 Å². The Morgan fingerprint density at radius 1 is 0.925 bits per heavy atom. The molecule has 0 bridgehead atoms. The minimum Gasteiger partial charge on any atom is -0.478 e. The number of nitrogens with zero attached hydrogens (tertiary/aromatic N) is 3. The first-order valence-electron chi connectivity index (χ1n) is 12.3. The number of nitriles is 1. The van der Waals surface area contributed by atoms with Crippen LogP contribution in [0.3, 0.4) is 0 Å². The van der Waals surface area contributed by atoms with Crippen LogP contribution in [-0.4, -0.2) is 29.7 Å². The summed E-state index contributed by atoms with van der Waals surface area (Å²) in [7, 11) is 0. The van der Waals surface area contributed by atoms with Gasteiger partial charge in [0.2, 0.25) is 5.88 Å². The third kappa shape index (κ3) is 4.68. The SMILES string of the molecule is CCOc1ncccc1C1(NC(=O)Oc2ccccc2)C(=O)N(C(=O)Oc2ccccc2)c2ccc(C#N)cc21. The third-order valence-corrected chi connectivity index (χ3v) is 6.12. The number of hydrogen-bond donors (Lipinski definition) is 1. The summed E-state index contributed by atoms with van der Waals surface area (Å²) in [6.45, 7) is 1.94. The van der Waals surface area contributed by atoms with Gasteiger partial charge in [0.15, 0.2) is 5.54 Å². The Morgan fingerprint density at radius 3 is 2.25 bits per heavy atom. The van der Waals surface area contributed by atoms with Crippen molar-refractivity contribution in [3.05, 3.63) is 114 Å². The van der Waals surface area contributed by atoms with Gasteiger partial charge in [-0.2, -0.15) is 5.26 Å². The highest BCUT2D eigenvalue weighted by molar-refractivity contribution is 6.23. The van der Waals surface area contributed by atoms with E-state index in [0.29, 0.717) is 0 Å². The molecule has 0 aliphatic carbocycles. The van der Waals surface area contributed by atoms with Crippen LogP contribution >= 0.6 is 0 Å². The zero-order valence-corrected chi connectivity index (χ0v) is 21.2. The Kier molecular flexibility index (Phi) is 7.11. The monoisotopic (exact) mass is 534 g/mol. The van der Waals surface area contributed by atoms with Crippen molar-refractivity contribution in [3.8, 4) is 23.4 Å². The Morgan fingerprint density at radius 2 is 1.60 bits per heavy atom. The number of anilines is 1. The molecule has 40 heavy (non-hydrogen) atoms. The average Bonchev–Trinajstić information content (AvgIpc) is 3.21. The normalized spacial score (nSPS) is 15.5. The number of hydrogen-bond acceptors (Lipinski definition) is 8. The van der Waals surface area contributed by atoms with Crippen LogP contribution in [0, 0.1) is 11.3 Å². The molecule has 1 aromatic heterocycles. The Balaban J connectivity index is 1.69. The smallest absolute Gasteiger partial charge is 0.426 e. The topological polar surface area (TPSA) is 131 Å². The van der Waals surface area contributed by atoms with Gasteiger partial charge in [-0.3, -0.25) is 10.1 Å². The first-order chi connectivity index (χ1) is 19.5. The van der Waals surface area contributed by atoms with Crippen LogP contribution < -0.4 is 24.4 Å². The van der Waals surface area contributed by atoms with E-state index in [0.717, 1.165) is 4.90 Å². The standard InChI is InChI=1S/C30H22N4O6/c1-2-38-26-23(14-9-17-32-26)30(33-28(36)39-21-10-5-3-6-11-21)24-18-20(19-31)15-16-25(24)34(27(30)35)29(37)40-22-12-7-4-8-13-22/h3-18H,2H2,1H3,(H,33,36). The summed E-state index contributed by atoms with van der Waals surface area (Å²) in [5.41, 5.74) is -1.49. The van der Waals surface area contributed by atoms with Crippen molar-refractivity contribution in [1.29, 1.82) is 5.26 Å². The summed E-state index contributed by atoms with van der Waals surface area (Å²) in [5, 5.41) is 12.3. The van der Waals surface area contributed by atoms with Crippen LogP contribution in [0.2, 0.25) is 0 Å². The second-order valence-electron chi connectivity index (χ2n) is 8.53. The molecule has 1 N–H and O–H groups in total. The van der Waals surface area contributed by atoms with Crippen molar-refractivity contribution >= 4 is 23.8 Å². The summed E-state index contributed by atoms with van der Waals surface area (Å²) in [5.74, 6) is -0.397. The molecule has 0 fully saturated rings. The highest BCUT2D eigenvalue weighted by Crippen LogP contribution is 2.47. The van der Waals surface area contributed by atoms with Gasteiger partial charge in [-0.15, -0.1) is 0 Å². The fourth-order valence-corrected chi connectivity index (χ4v) is 4.46. The number of nitrogens with one attached hydrogen (secondary N) is 1. The third-order valence-electron chi connectivity index (χ3n) is 6.12. The van der Waals surface area contributed by atoms with E-state index < -0.39 is 23.6 Å². The van der Waals surface area contributed by atoms with Crippen LogP contribution in [0.15, 0.2) is 97.2 Å². The van der Waals surface area contributed by atoms with Crippen LogP contribution in [-0.2, 0) is 10.3 Å². The van der Waals surface area contributed by atoms with E-state index in [4.69, 9.17) is 14.2 Å². The van der Waals surface area contributed by atoms with Gasteiger partial charge < -0.3 is 14.2 Å². The van der Waals surface area contributed by atoms with Gasteiger partial charge in [-0.25, -0.2) is 19.5 Å². The first kappa shape index (κ1) is 25.9. The lowest BCUT2D eigenvalue weighted by Crippen LogP contribution is -2.56. The molecule has 1 aliphatic rings. The zero-order chi connectivity index (χ0) is 28.1. The number of fused-ring (bicyclic) bond motifs is 1. The number of carbonyl (C=O) groups excluding carboxylic acids is 3. The number of para-hydroxylation sites is 2. The Labute approximate surface area is 229 Å². The molecule has 0 saturated carbocycles. The fraction of sp³-hybridized carbons (Fsp3) is 0.100. The van der Waals surface area contributed by atoms with Gasteiger partial charge in [0.05, 0.1) is 29.5 Å². The molecule has 0 saturated heterocycles. The lowest BCUT2D eigenvalue weighted by Gasteiger charge is -2.30. The number of amides is 3. The van der Waals surface area contributed by atoms with E-state index in [9.17, 15) is 19.6 Å². The maximum atomic E-state index is 14.4. The van der Waals surface area contributed by atoms with Gasteiger partial charge in [0.1, 0.15) is 11.5 Å². The molecule has 10 nitrogen and oxygen atoms in total. The molecule has 4 aromatic rings. The summed E-state index contributed by atoms with van der Waals surface area (Å²) < 4.78 is 16.7. The zero-order valence-electron chi connectivity index (χ0n) is 21.2. The summed E-state index contributed by atoms with van der Waals surface area (Å²) in [6, 6.07) is 26.0. The molecule has 3 aromatic carbocycles. The molecule has 5 rings (SSSR count). The Hall–Kier alpha value is -5.69. The number of carbonyl (C=O) groups is 3. The average molecular weight is 535 g/mol. The minimum absolute atomic E-state index is 0.0462. The predicted octanol–water partition coefficient (Wildman–Crippen LogP) is 4.93. The number of benzene rings is 3. The number of aromatic nitrogens is 1.